The van der Waals surface area contributed by atoms with Crippen molar-refractivity contribution in [2.75, 3.05) is 15.5 Å². The number of amides is 1. The van der Waals surface area contributed by atoms with E-state index in [-0.39, 0.29) is 6.54 Å². The highest BCUT2D eigenvalue weighted by Crippen LogP contribution is 2.33. The van der Waals surface area contributed by atoms with Crippen molar-refractivity contribution in [2.24, 2.45) is 0 Å². The van der Waals surface area contributed by atoms with Crippen molar-refractivity contribution in [3.8, 4) is 11.3 Å². The van der Waals surface area contributed by atoms with Crippen molar-refractivity contribution in [2.45, 2.75) is 13.5 Å². The van der Waals surface area contributed by atoms with E-state index in [0.29, 0.717) is 34.2 Å². The predicted octanol–water partition coefficient (Wildman–Crippen LogP) is 5.30. The molecule has 0 saturated heterocycles. The maximum atomic E-state index is 12.5. The molecule has 0 saturated carbocycles. The monoisotopic (exact) mass is 494 g/mol. The molecule has 0 spiro atoms. The van der Waals surface area contributed by atoms with Gasteiger partial charge in [0.25, 0.3) is 0 Å². The summed E-state index contributed by atoms with van der Waals surface area (Å²) in [5.74, 6) is 0.539. The summed E-state index contributed by atoms with van der Waals surface area (Å²) in [6, 6.07) is 23.5. The first-order chi connectivity index (χ1) is 16.3. The van der Waals surface area contributed by atoms with Gasteiger partial charge < -0.3 is 0 Å². The molecule has 0 fully saturated rings. The fourth-order valence-electron chi connectivity index (χ4n) is 3.70. The third kappa shape index (κ3) is 4.83. The van der Waals surface area contributed by atoms with Crippen LogP contribution in [0.2, 0.25) is 5.02 Å². The Morgan fingerprint density at radius 3 is 2.18 bits per heavy atom. The van der Waals surface area contributed by atoms with Crippen LogP contribution in [0, 0.1) is 6.92 Å². The molecule has 9 heteroatoms. The Hall–Kier alpha value is -3.62. The average molecular weight is 495 g/mol. The van der Waals surface area contributed by atoms with Crippen LogP contribution in [0.5, 0.6) is 0 Å². The minimum Gasteiger partial charge on any atom is -0.278 e. The molecule has 3 aromatic carbocycles. The number of H-pyrrole nitrogens is 1. The number of anilines is 3. The summed E-state index contributed by atoms with van der Waals surface area (Å²) in [5.41, 5.74) is 4.22. The molecular formula is C25H23ClN4O3S. The van der Waals surface area contributed by atoms with Gasteiger partial charge in [0.2, 0.25) is 16.4 Å². The fourth-order valence-corrected chi connectivity index (χ4v) is 4.78. The highest BCUT2D eigenvalue weighted by Gasteiger charge is 2.21. The molecule has 4 rings (SSSR count). The molecule has 0 atom stereocenters. The number of hydrogen-bond donors (Lipinski definition) is 1. The minimum absolute atomic E-state index is 0.0926. The summed E-state index contributed by atoms with van der Waals surface area (Å²) in [7, 11) is -3.58. The van der Waals surface area contributed by atoms with Gasteiger partial charge in [-0.1, -0.05) is 60.1 Å². The average Bonchev–Trinajstić information content (AvgIpc) is 3.20. The van der Waals surface area contributed by atoms with Gasteiger partial charge in [-0.05, 0) is 42.8 Å². The van der Waals surface area contributed by atoms with Crippen LogP contribution < -0.4 is 9.21 Å². The zero-order valence-corrected chi connectivity index (χ0v) is 20.2. The highest BCUT2D eigenvalue weighted by molar-refractivity contribution is 7.92. The smallest absolute Gasteiger partial charge is 0.232 e. The summed E-state index contributed by atoms with van der Waals surface area (Å²) in [6.07, 6.45) is 1.84. The van der Waals surface area contributed by atoms with Crippen LogP contribution in [0.15, 0.2) is 78.9 Å². The topological polar surface area (TPSA) is 86.4 Å². The van der Waals surface area contributed by atoms with Crippen LogP contribution in [-0.2, 0) is 21.4 Å². The molecule has 0 aliphatic heterocycles. The van der Waals surface area contributed by atoms with E-state index < -0.39 is 10.0 Å². The number of aromatic nitrogens is 2. The Morgan fingerprint density at radius 2 is 1.56 bits per heavy atom. The van der Waals surface area contributed by atoms with Crippen LogP contribution in [-0.4, -0.2) is 31.3 Å². The molecular weight excluding hydrogens is 472 g/mol. The molecule has 0 aliphatic carbocycles. The van der Waals surface area contributed by atoms with Crippen molar-refractivity contribution in [1.29, 1.82) is 0 Å². The summed E-state index contributed by atoms with van der Waals surface area (Å²) in [4.78, 5) is 13.5. The Labute approximate surface area is 203 Å². The largest absolute Gasteiger partial charge is 0.278 e. The van der Waals surface area contributed by atoms with Crippen LogP contribution in [0.25, 0.3) is 11.3 Å². The summed E-state index contributed by atoms with van der Waals surface area (Å²) < 4.78 is 26.3. The number of halogens is 1. The number of sulfonamides is 1. The van der Waals surface area contributed by atoms with Gasteiger partial charge in [0, 0.05) is 16.1 Å². The lowest BCUT2D eigenvalue weighted by Crippen LogP contribution is -2.29. The van der Waals surface area contributed by atoms with Crippen LogP contribution in [0.4, 0.5) is 17.2 Å². The molecule has 0 bridgehead atoms. The molecule has 4 aromatic rings. The zero-order chi connectivity index (χ0) is 24.3. The van der Waals surface area contributed by atoms with Crippen molar-refractivity contribution in [3.63, 3.8) is 0 Å². The van der Waals surface area contributed by atoms with Crippen molar-refractivity contribution in [1.82, 2.24) is 10.2 Å². The van der Waals surface area contributed by atoms with E-state index in [4.69, 9.17) is 11.6 Å². The van der Waals surface area contributed by atoms with Gasteiger partial charge in [0.1, 0.15) is 5.82 Å². The van der Waals surface area contributed by atoms with E-state index in [2.05, 4.69) is 10.2 Å². The molecule has 1 amide bonds. The van der Waals surface area contributed by atoms with Gasteiger partial charge in [-0.3, -0.25) is 19.1 Å². The molecule has 34 heavy (non-hydrogen) atoms. The number of carbonyl (C=O) groups is 1. The van der Waals surface area contributed by atoms with Crippen LogP contribution in [0.1, 0.15) is 11.1 Å². The van der Waals surface area contributed by atoms with Gasteiger partial charge in [-0.15, -0.1) is 0 Å². The normalized spacial score (nSPS) is 11.3. The molecule has 1 aromatic heterocycles. The van der Waals surface area contributed by atoms with Crippen molar-refractivity contribution < 1.29 is 13.2 Å². The SMILES string of the molecule is Cc1c(-c2ccccc2)n[nH]c1N(C=O)c1ccc(N(Cc2ccccc2Cl)S(C)(=O)=O)cc1. The number of rotatable bonds is 8. The highest BCUT2D eigenvalue weighted by atomic mass is 35.5. The van der Waals surface area contributed by atoms with Gasteiger partial charge >= 0.3 is 0 Å². The van der Waals surface area contributed by atoms with E-state index in [0.717, 1.165) is 23.1 Å². The first-order valence-electron chi connectivity index (χ1n) is 10.5. The lowest BCUT2D eigenvalue weighted by atomic mass is 10.1. The lowest BCUT2D eigenvalue weighted by Gasteiger charge is -2.24. The Kier molecular flexibility index (Phi) is 6.72. The summed E-state index contributed by atoms with van der Waals surface area (Å²) in [5, 5.41) is 7.82. The third-order valence-electron chi connectivity index (χ3n) is 5.47. The second-order valence-electron chi connectivity index (χ2n) is 7.76. The quantitative estimate of drug-likeness (QED) is 0.337. The molecule has 1 N–H and O–H groups in total. The minimum atomic E-state index is -3.58. The standard InChI is InChI=1S/C25H23ClN4O3S/c1-18-24(19-8-4-3-5-9-19)27-28-25(18)29(17-31)21-12-14-22(15-13-21)30(34(2,32)33)16-20-10-6-7-11-23(20)26/h3-15,17H,16H2,1-2H3,(H,27,28). The maximum absolute atomic E-state index is 12.5. The van der Waals surface area contributed by atoms with E-state index in [9.17, 15) is 13.2 Å². The fraction of sp³-hybridized carbons (Fsp3) is 0.120. The van der Waals surface area contributed by atoms with Gasteiger partial charge in [-0.25, -0.2) is 8.42 Å². The first-order valence-corrected chi connectivity index (χ1v) is 12.7. The molecule has 0 unspecified atom stereocenters. The van der Waals surface area contributed by atoms with Crippen LogP contribution in [0.3, 0.4) is 0 Å². The first kappa shape index (κ1) is 23.5. The number of nitrogens with zero attached hydrogens (tertiary/aromatic N) is 3. The molecule has 174 valence electrons. The van der Waals surface area contributed by atoms with E-state index in [1.54, 1.807) is 42.5 Å². The van der Waals surface area contributed by atoms with E-state index in [1.165, 1.54) is 9.21 Å². The van der Waals surface area contributed by atoms with Crippen molar-refractivity contribution >= 4 is 45.2 Å². The number of nitrogens with one attached hydrogen (secondary N) is 1. The van der Waals surface area contributed by atoms with Crippen molar-refractivity contribution in [3.05, 3.63) is 95.0 Å². The van der Waals surface area contributed by atoms with Gasteiger partial charge in [0.15, 0.2) is 0 Å². The number of benzene rings is 3. The third-order valence-corrected chi connectivity index (χ3v) is 6.97. The number of hydrogen-bond acceptors (Lipinski definition) is 4. The number of aromatic amines is 1. The van der Waals surface area contributed by atoms with Crippen LogP contribution >= 0.6 is 11.6 Å². The lowest BCUT2D eigenvalue weighted by molar-refractivity contribution is -0.106. The molecule has 0 aliphatic rings. The zero-order valence-electron chi connectivity index (χ0n) is 18.6. The second-order valence-corrected chi connectivity index (χ2v) is 10.1. The molecule has 0 radical (unpaired) electrons. The Morgan fingerprint density at radius 1 is 0.941 bits per heavy atom. The Bertz CT molecular complexity index is 1400. The van der Waals surface area contributed by atoms with E-state index >= 15 is 0 Å². The van der Waals surface area contributed by atoms with Gasteiger partial charge in [0.05, 0.1) is 29.9 Å². The summed E-state index contributed by atoms with van der Waals surface area (Å²) in [6.45, 7) is 1.98. The number of carbonyl (C=O) groups excluding carboxylic acids is 1. The molecule has 7 nitrogen and oxygen atoms in total. The second kappa shape index (κ2) is 9.70. The summed E-state index contributed by atoms with van der Waals surface area (Å²) >= 11 is 6.24. The van der Waals surface area contributed by atoms with Gasteiger partial charge in [-0.2, -0.15) is 5.10 Å². The Balaban J connectivity index is 1.65. The molecule has 1 heterocycles. The maximum Gasteiger partial charge on any atom is 0.232 e. The van der Waals surface area contributed by atoms with E-state index in [1.807, 2.05) is 43.3 Å². The predicted molar refractivity (Wildman–Crippen MR) is 136 cm³/mol.